The lowest BCUT2D eigenvalue weighted by Gasteiger charge is -2.36. The lowest BCUT2D eigenvalue weighted by Crippen LogP contribution is -2.48. The molecule has 1 saturated heterocycles. The van der Waals surface area contributed by atoms with Crippen molar-refractivity contribution in [1.82, 2.24) is 9.80 Å². The summed E-state index contributed by atoms with van der Waals surface area (Å²) in [6.45, 7) is 7.08. The van der Waals surface area contributed by atoms with E-state index >= 15 is 0 Å². The van der Waals surface area contributed by atoms with Gasteiger partial charge in [-0.1, -0.05) is 31.0 Å². The van der Waals surface area contributed by atoms with Crippen molar-refractivity contribution in [2.45, 2.75) is 51.5 Å². The molecule has 0 N–H and O–H groups in total. The molecule has 2 fully saturated rings. The average molecular weight is 446 g/mol. The van der Waals surface area contributed by atoms with Crippen molar-refractivity contribution in [2.75, 3.05) is 44.2 Å². The zero-order valence-corrected chi connectivity index (χ0v) is 19.8. The highest BCUT2D eigenvalue weighted by Gasteiger charge is 2.26. The van der Waals surface area contributed by atoms with Gasteiger partial charge in [0.05, 0.1) is 0 Å². The van der Waals surface area contributed by atoms with Gasteiger partial charge in [0, 0.05) is 62.1 Å². The largest absolute Gasteiger partial charge is 0.368 e. The van der Waals surface area contributed by atoms with E-state index < -0.39 is 0 Å². The van der Waals surface area contributed by atoms with E-state index in [9.17, 15) is 9.59 Å². The average Bonchev–Trinajstić information content (AvgIpc) is 3.31. The molecule has 1 amide bonds. The number of ketones is 1. The Morgan fingerprint density at radius 2 is 1.39 bits per heavy atom. The molecule has 3 aliphatic rings. The third kappa shape index (κ3) is 4.84. The van der Waals surface area contributed by atoms with Crippen molar-refractivity contribution in [1.29, 1.82) is 0 Å². The predicted molar refractivity (Wildman–Crippen MR) is 132 cm³/mol. The van der Waals surface area contributed by atoms with E-state index in [-0.39, 0.29) is 11.7 Å². The number of carbonyl (C=O) groups excluding carboxylic acids is 2. The topological polar surface area (TPSA) is 43.9 Å². The van der Waals surface area contributed by atoms with Gasteiger partial charge in [-0.3, -0.25) is 14.5 Å². The minimum absolute atomic E-state index is 0.0228. The number of fused-ring (bicyclic) bond motifs is 1. The van der Waals surface area contributed by atoms with Gasteiger partial charge in [0.1, 0.15) is 0 Å². The molecule has 5 heteroatoms. The van der Waals surface area contributed by atoms with E-state index in [4.69, 9.17) is 0 Å². The number of rotatable bonds is 4. The summed E-state index contributed by atoms with van der Waals surface area (Å²) in [5.74, 6) is 0.0771. The van der Waals surface area contributed by atoms with Crippen molar-refractivity contribution < 1.29 is 9.59 Å². The summed E-state index contributed by atoms with van der Waals surface area (Å²) >= 11 is 0. The van der Waals surface area contributed by atoms with Gasteiger partial charge < -0.3 is 9.80 Å². The number of hydrogen-bond acceptors (Lipinski definition) is 4. The number of carbonyl (C=O) groups is 2. The maximum absolute atomic E-state index is 12.9. The predicted octanol–water partition coefficient (Wildman–Crippen LogP) is 4.19. The van der Waals surface area contributed by atoms with Crippen LogP contribution < -0.4 is 4.90 Å². The molecule has 0 unspecified atom stereocenters. The molecule has 1 saturated carbocycles. The Morgan fingerprint density at radius 3 is 2.06 bits per heavy atom. The number of Topliss-reactive ketones (excluding diaryl/α,β-unsaturated/α-hetero) is 1. The smallest absolute Gasteiger partial charge is 0.253 e. The molecule has 2 heterocycles. The van der Waals surface area contributed by atoms with Gasteiger partial charge in [-0.05, 0) is 68.0 Å². The van der Waals surface area contributed by atoms with E-state index in [2.05, 4.69) is 28.0 Å². The Balaban J connectivity index is 1.19. The first kappa shape index (κ1) is 22.1. The fourth-order valence-corrected chi connectivity index (χ4v) is 5.76. The Hall–Kier alpha value is -2.66. The van der Waals surface area contributed by atoms with Crippen LogP contribution in [0.4, 0.5) is 5.69 Å². The van der Waals surface area contributed by atoms with Crippen molar-refractivity contribution in [2.24, 2.45) is 0 Å². The number of benzene rings is 2. The summed E-state index contributed by atoms with van der Waals surface area (Å²) in [6, 6.07) is 14.9. The Bertz CT molecular complexity index is 1000. The fourth-order valence-electron chi connectivity index (χ4n) is 5.76. The monoisotopic (exact) mass is 445 g/mol. The van der Waals surface area contributed by atoms with E-state index in [1.807, 2.05) is 4.90 Å². The molecule has 0 radical (unpaired) electrons. The van der Waals surface area contributed by atoms with Crippen LogP contribution in [0.2, 0.25) is 0 Å². The Labute approximate surface area is 197 Å². The summed E-state index contributed by atoms with van der Waals surface area (Å²) in [6.07, 6.45) is 7.87. The number of hydrogen-bond donors (Lipinski definition) is 0. The van der Waals surface area contributed by atoms with E-state index in [0.29, 0.717) is 11.1 Å². The van der Waals surface area contributed by atoms with Crippen LogP contribution in [0.3, 0.4) is 0 Å². The summed E-state index contributed by atoms with van der Waals surface area (Å²) in [5, 5.41) is 0. The summed E-state index contributed by atoms with van der Waals surface area (Å²) in [4.78, 5) is 31.5. The van der Waals surface area contributed by atoms with Crippen LogP contribution in [0.5, 0.6) is 0 Å². The SMILES string of the molecule is CC(=O)c1ccc(C(=O)N2CCN(c3ccc4c(c3)CCN(C3CCCC3)CC4)CC2)cc1. The van der Waals surface area contributed by atoms with Crippen LogP contribution in [0.1, 0.15) is 64.4 Å². The van der Waals surface area contributed by atoms with Gasteiger partial charge in [-0.25, -0.2) is 0 Å². The molecule has 2 aliphatic heterocycles. The van der Waals surface area contributed by atoms with Crippen molar-refractivity contribution in [3.8, 4) is 0 Å². The minimum Gasteiger partial charge on any atom is -0.368 e. The summed E-state index contributed by atoms with van der Waals surface area (Å²) < 4.78 is 0. The molecule has 2 aromatic carbocycles. The lowest BCUT2D eigenvalue weighted by molar-refractivity contribution is 0.0746. The van der Waals surface area contributed by atoms with Gasteiger partial charge in [0.25, 0.3) is 5.91 Å². The first-order valence-corrected chi connectivity index (χ1v) is 12.6. The Kier molecular flexibility index (Phi) is 6.50. The molecule has 5 nitrogen and oxygen atoms in total. The van der Waals surface area contributed by atoms with Crippen molar-refractivity contribution >= 4 is 17.4 Å². The highest BCUT2D eigenvalue weighted by atomic mass is 16.2. The van der Waals surface area contributed by atoms with Crippen molar-refractivity contribution in [3.05, 3.63) is 64.7 Å². The molecule has 2 aromatic rings. The lowest BCUT2D eigenvalue weighted by atomic mass is 10.0. The quantitative estimate of drug-likeness (QED) is 0.662. The second-order valence-electron chi connectivity index (χ2n) is 9.84. The molecule has 33 heavy (non-hydrogen) atoms. The highest BCUT2D eigenvalue weighted by molar-refractivity contribution is 5.97. The van der Waals surface area contributed by atoms with E-state index in [0.717, 1.165) is 45.1 Å². The van der Waals surface area contributed by atoms with Crippen LogP contribution >= 0.6 is 0 Å². The molecular formula is C28H35N3O2. The number of piperazine rings is 1. The fraction of sp³-hybridized carbons (Fsp3) is 0.500. The third-order valence-electron chi connectivity index (χ3n) is 7.84. The van der Waals surface area contributed by atoms with Crippen LogP contribution in [0, 0.1) is 0 Å². The molecular weight excluding hydrogens is 410 g/mol. The highest BCUT2D eigenvalue weighted by Crippen LogP contribution is 2.28. The minimum atomic E-state index is 0.0228. The zero-order chi connectivity index (χ0) is 22.8. The summed E-state index contributed by atoms with van der Waals surface area (Å²) in [7, 11) is 0. The normalized spacial score (nSPS) is 19.9. The molecule has 1 aliphatic carbocycles. The molecule has 0 spiro atoms. The summed E-state index contributed by atoms with van der Waals surface area (Å²) in [5.41, 5.74) is 5.62. The van der Waals surface area contributed by atoms with Crippen LogP contribution in [0.25, 0.3) is 0 Å². The number of amides is 1. The molecule has 5 rings (SSSR count). The number of anilines is 1. The van der Waals surface area contributed by atoms with Crippen LogP contribution in [0.15, 0.2) is 42.5 Å². The standard InChI is InChI=1S/C28H35N3O2/c1-21(32)22-6-8-24(9-7-22)28(33)31-18-16-30(17-19-31)27-11-10-23-12-14-29(15-13-25(23)20-27)26-4-2-3-5-26/h6-11,20,26H,2-5,12-19H2,1H3. The molecule has 0 atom stereocenters. The van der Waals surface area contributed by atoms with Crippen molar-refractivity contribution in [3.63, 3.8) is 0 Å². The first-order valence-electron chi connectivity index (χ1n) is 12.6. The van der Waals surface area contributed by atoms with E-state index in [1.165, 1.54) is 55.6 Å². The second-order valence-corrected chi connectivity index (χ2v) is 9.84. The third-order valence-corrected chi connectivity index (χ3v) is 7.84. The molecule has 174 valence electrons. The van der Waals surface area contributed by atoms with Gasteiger partial charge in [0.15, 0.2) is 5.78 Å². The maximum atomic E-state index is 12.9. The van der Waals surface area contributed by atoms with E-state index in [1.54, 1.807) is 31.2 Å². The van der Waals surface area contributed by atoms with Gasteiger partial charge in [-0.15, -0.1) is 0 Å². The number of nitrogens with zero attached hydrogens (tertiary/aromatic N) is 3. The van der Waals surface area contributed by atoms with Gasteiger partial charge in [-0.2, -0.15) is 0 Å². The zero-order valence-electron chi connectivity index (χ0n) is 19.8. The van der Waals surface area contributed by atoms with Crippen LogP contribution in [-0.2, 0) is 12.8 Å². The second kappa shape index (κ2) is 9.68. The maximum Gasteiger partial charge on any atom is 0.253 e. The Morgan fingerprint density at radius 1 is 0.758 bits per heavy atom. The van der Waals surface area contributed by atoms with Crippen LogP contribution in [-0.4, -0.2) is 66.8 Å². The molecule has 0 bridgehead atoms. The van der Waals surface area contributed by atoms with Gasteiger partial charge in [0.2, 0.25) is 0 Å². The first-order chi connectivity index (χ1) is 16.1. The molecule has 0 aromatic heterocycles. The van der Waals surface area contributed by atoms with Gasteiger partial charge >= 0.3 is 0 Å².